The standard InChI is InChI=1S/C20H20N4O5S/c1-11-8-9-21-20(22-11)24-30(28,29)15-6-4-14(5-7-15)23-18(25)16-12-2-3-13(10-12)17(16)19(26)27/h2-9,12-13,16-17H,10H2,1H3,(H,23,25)(H,26,27)(H,21,22,24)/p-1/t12-,13+,16-,17+/m1/s1. The van der Waals surface area contributed by atoms with Crippen LogP contribution in [-0.2, 0) is 19.6 Å². The van der Waals surface area contributed by atoms with Crippen molar-refractivity contribution < 1.29 is 23.1 Å². The number of carbonyl (C=O) groups excluding carboxylic acids is 2. The van der Waals surface area contributed by atoms with E-state index in [2.05, 4.69) is 20.0 Å². The third-order valence-corrected chi connectivity index (χ3v) is 6.83. The van der Waals surface area contributed by atoms with E-state index < -0.39 is 33.7 Å². The number of nitrogens with one attached hydrogen (secondary N) is 2. The number of fused-ring (bicyclic) bond motifs is 2. The Hall–Kier alpha value is -3.27. The minimum Gasteiger partial charge on any atom is -0.550 e. The summed E-state index contributed by atoms with van der Waals surface area (Å²) in [6.07, 6.45) is 5.78. The van der Waals surface area contributed by atoms with E-state index in [0.717, 1.165) is 0 Å². The quantitative estimate of drug-likeness (QED) is 0.647. The van der Waals surface area contributed by atoms with Gasteiger partial charge in [0, 0.05) is 29.5 Å². The van der Waals surface area contributed by atoms with E-state index in [-0.39, 0.29) is 22.7 Å². The van der Waals surface area contributed by atoms with Gasteiger partial charge in [-0.05, 0) is 55.5 Å². The summed E-state index contributed by atoms with van der Waals surface area (Å²) in [5, 5.41) is 14.2. The molecule has 4 rings (SSSR count). The predicted octanol–water partition coefficient (Wildman–Crippen LogP) is 0.713. The molecule has 0 saturated heterocycles. The van der Waals surface area contributed by atoms with E-state index in [0.29, 0.717) is 17.8 Å². The van der Waals surface area contributed by atoms with Crippen LogP contribution in [0.1, 0.15) is 12.1 Å². The van der Waals surface area contributed by atoms with Gasteiger partial charge >= 0.3 is 0 Å². The van der Waals surface area contributed by atoms with Crippen LogP contribution in [0.2, 0.25) is 0 Å². The number of hydrogen-bond acceptors (Lipinski definition) is 7. The summed E-state index contributed by atoms with van der Waals surface area (Å²) in [5.74, 6) is -3.54. The van der Waals surface area contributed by atoms with Crippen molar-refractivity contribution in [3.63, 3.8) is 0 Å². The van der Waals surface area contributed by atoms with Gasteiger partial charge in [0.2, 0.25) is 11.9 Å². The highest BCUT2D eigenvalue weighted by Gasteiger charge is 2.48. The number of rotatable bonds is 6. The molecule has 0 unspecified atom stereocenters. The lowest BCUT2D eigenvalue weighted by molar-refractivity contribution is -0.313. The lowest BCUT2D eigenvalue weighted by atomic mass is 9.82. The normalized spacial score (nSPS) is 24.6. The highest BCUT2D eigenvalue weighted by atomic mass is 32.2. The lowest BCUT2D eigenvalue weighted by Crippen LogP contribution is -2.42. The Bertz CT molecular complexity index is 1130. The minimum atomic E-state index is -3.90. The van der Waals surface area contributed by atoms with Crippen molar-refractivity contribution in [2.75, 3.05) is 10.0 Å². The molecule has 2 N–H and O–H groups in total. The zero-order valence-corrected chi connectivity index (χ0v) is 16.8. The van der Waals surface area contributed by atoms with Gasteiger partial charge in [0.25, 0.3) is 10.0 Å². The number of aryl methyl sites for hydroxylation is 1. The molecule has 1 aromatic carbocycles. The average molecular weight is 427 g/mol. The molecule has 4 atom stereocenters. The number of amides is 1. The summed E-state index contributed by atoms with van der Waals surface area (Å²) in [4.78, 5) is 32.0. The van der Waals surface area contributed by atoms with Crippen molar-refractivity contribution in [2.24, 2.45) is 23.7 Å². The zero-order valence-electron chi connectivity index (χ0n) is 16.0. The van der Waals surface area contributed by atoms with Crippen molar-refractivity contribution in [3.05, 3.63) is 54.4 Å². The molecule has 2 aliphatic rings. The van der Waals surface area contributed by atoms with Gasteiger partial charge in [-0.25, -0.2) is 23.1 Å². The SMILES string of the molecule is Cc1ccnc(NS(=O)(=O)c2ccc(NC(=O)[C@H]3[C@@H](C(=O)[O-])[C@H]4C=C[C@@H]3C4)cc2)n1. The topological polar surface area (TPSA) is 141 Å². The van der Waals surface area contributed by atoms with Crippen molar-refractivity contribution in [2.45, 2.75) is 18.2 Å². The second-order valence-electron chi connectivity index (χ2n) is 7.46. The monoisotopic (exact) mass is 427 g/mol. The molecule has 10 heteroatoms. The first kappa shape index (κ1) is 20.0. The summed E-state index contributed by atoms with van der Waals surface area (Å²) in [6, 6.07) is 7.21. The van der Waals surface area contributed by atoms with Crippen LogP contribution in [0.15, 0.2) is 53.6 Å². The summed E-state index contributed by atoms with van der Waals surface area (Å²) in [5.41, 5.74) is 0.987. The van der Waals surface area contributed by atoms with Gasteiger partial charge in [-0.1, -0.05) is 12.2 Å². The number of anilines is 2. The largest absolute Gasteiger partial charge is 0.550 e. The van der Waals surface area contributed by atoms with E-state index in [9.17, 15) is 23.1 Å². The number of carboxylic acid groups (broad SMARTS) is 1. The van der Waals surface area contributed by atoms with Crippen LogP contribution < -0.4 is 15.1 Å². The molecular weight excluding hydrogens is 408 g/mol. The van der Waals surface area contributed by atoms with Crippen molar-refractivity contribution in [1.82, 2.24) is 9.97 Å². The van der Waals surface area contributed by atoms with E-state index in [1.807, 2.05) is 12.2 Å². The fraction of sp³-hybridized carbons (Fsp3) is 0.300. The summed E-state index contributed by atoms with van der Waals surface area (Å²) in [6.45, 7) is 1.72. The molecule has 1 saturated carbocycles. The fourth-order valence-electron chi connectivity index (χ4n) is 4.12. The Morgan fingerprint density at radius 1 is 1.07 bits per heavy atom. The van der Waals surface area contributed by atoms with Gasteiger partial charge in [-0.3, -0.25) is 4.79 Å². The zero-order chi connectivity index (χ0) is 21.5. The van der Waals surface area contributed by atoms with Crippen molar-refractivity contribution in [1.29, 1.82) is 0 Å². The third-order valence-electron chi connectivity index (χ3n) is 5.49. The van der Waals surface area contributed by atoms with Crippen LogP contribution in [-0.4, -0.2) is 30.3 Å². The van der Waals surface area contributed by atoms with Crippen LogP contribution >= 0.6 is 0 Å². The second kappa shape index (κ2) is 7.52. The van der Waals surface area contributed by atoms with Gasteiger partial charge < -0.3 is 15.2 Å². The maximum atomic E-state index is 12.7. The van der Waals surface area contributed by atoms with Gasteiger partial charge in [-0.2, -0.15) is 0 Å². The Kier molecular flexibility index (Phi) is 5.02. The molecule has 30 heavy (non-hydrogen) atoms. The smallest absolute Gasteiger partial charge is 0.264 e. The van der Waals surface area contributed by atoms with Crippen LogP contribution in [0.3, 0.4) is 0 Å². The van der Waals surface area contributed by atoms with E-state index in [1.54, 1.807) is 13.0 Å². The van der Waals surface area contributed by atoms with E-state index in [4.69, 9.17) is 0 Å². The Morgan fingerprint density at radius 3 is 2.37 bits per heavy atom. The Balaban J connectivity index is 1.46. The number of carbonyl (C=O) groups is 2. The number of aliphatic carboxylic acids is 1. The first-order valence-corrected chi connectivity index (χ1v) is 10.9. The molecule has 1 heterocycles. The molecule has 2 aromatic rings. The lowest BCUT2D eigenvalue weighted by Gasteiger charge is -2.27. The van der Waals surface area contributed by atoms with Crippen LogP contribution in [0.4, 0.5) is 11.6 Å². The van der Waals surface area contributed by atoms with Crippen molar-refractivity contribution >= 4 is 33.5 Å². The molecule has 1 aromatic heterocycles. The molecule has 1 fully saturated rings. The molecule has 1 amide bonds. The average Bonchev–Trinajstić information content (AvgIpc) is 3.29. The summed E-state index contributed by atoms with van der Waals surface area (Å²) >= 11 is 0. The number of aromatic nitrogens is 2. The highest BCUT2D eigenvalue weighted by Crippen LogP contribution is 2.48. The predicted molar refractivity (Wildman–Crippen MR) is 105 cm³/mol. The number of benzene rings is 1. The van der Waals surface area contributed by atoms with Crippen LogP contribution in [0.25, 0.3) is 0 Å². The Labute approximate surface area is 173 Å². The van der Waals surface area contributed by atoms with Gasteiger partial charge in [0.05, 0.1) is 10.8 Å². The maximum Gasteiger partial charge on any atom is 0.264 e. The van der Waals surface area contributed by atoms with Crippen LogP contribution in [0, 0.1) is 30.6 Å². The number of sulfonamides is 1. The van der Waals surface area contributed by atoms with Crippen molar-refractivity contribution in [3.8, 4) is 0 Å². The molecule has 0 spiro atoms. The first-order valence-electron chi connectivity index (χ1n) is 9.37. The molecule has 0 aliphatic heterocycles. The van der Waals surface area contributed by atoms with E-state index >= 15 is 0 Å². The molecule has 156 valence electrons. The maximum absolute atomic E-state index is 12.7. The van der Waals surface area contributed by atoms with Crippen LogP contribution in [0.5, 0.6) is 0 Å². The molecule has 9 nitrogen and oxygen atoms in total. The molecule has 2 bridgehead atoms. The number of carboxylic acids is 1. The molecule has 2 aliphatic carbocycles. The third kappa shape index (κ3) is 3.78. The molecular formula is C20H19N4O5S-. The fourth-order valence-corrected chi connectivity index (χ4v) is 5.07. The number of nitrogens with zero attached hydrogens (tertiary/aromatic N) is 2. The first-order chi connectivity index (χ1) is 14.2. The number of hydrogen-bond donors (Lipinski definition) is 2. The van der Waals surface area contributed by atoms with Gasteiger partial charge in [0.15, 0.2) is 0 Å². The molecule has 0 radical (unpaired) electrons. The summed E-state index contributed by atoms with van der Waals surface area (Å²) < 4.78 is 27.3. The highest BCUT2D eigenvalue weighted by molar-refractivity contribution is 7.92. The minimum absolute atomic E-state index is 0.0268. The van der Waals surface area contributed by atoms with Gasteiger partial charge in [0.1, 0.15) is 0 Å². The summed E-state index contributed by atoms with van der Waals surface area (Å²) in [7, 11) is -3.90. The second-order valence-corrected chi connectivity index (χ2v) is 9.14. The Morgan fingerprint density at radius 2 is 1.73 bits per heavy atom. The number of allylic oxidation sites excluding steroid dienone is 2. The van der Waals surface area contributed by atoms with E-state index in [1.165, 1.54) is 30.5 Å². The van der Waals surface area contributed by atoms with Gasteiger partial charge in [-0.15, -0.1) is 0 Å².